The monoisotopic (exact) mass is 342 g/mol. The molecule has 1 N–H and O–H groups in total. The number of hydrogen-bond donors (Lipinski definition) is 1. The van der Waals surface area contributed by atoms with Gasteiger partial charge >= 0.3 is 0 Å². The van der Waals surface area contributed by atoms with Gasteiger partial charge in [-0.1, -0.05) is 29.8 Å². The van der Waals surface area contributed by atoms with E-state index in [4.69, 9.17) is 11.6 Å². The standard InChI is InChI=1S/C14H15ClN2O2S2/c15-12-6-2-1-5-11(12)13-9-20-14(17-13)16-8-10-4-3-7-21(10,18)19/h1-2,5-6,9-10H,3-4,7-8H2,(H,16,17)/t10-/m0/s1. The minimum Gasteiger partial charge on any atom is -0.360 e. The molecule has 1 saturated heterocycles. The number of benzene rings is 1. The number of rotatable bonds is 4. The Morgan fingerprint density at radius 3 is 2.90 bits per heavy atom. The van der Waals surface area contributed by atoms with E-state index in [0.29, 0.717) is 17.3 Å². The fourth-order valence-corrected chi connectivity index (χ4v) is 5.15. The van der Waals surface area contributed by atoms with Crippen molar-refractivity contribution in [3.05, 3.63) is 34.7 Å². The molecule has 4 nitrogen and oxygen atoms in total. The van der Waals surface area contributed by atoms with Crippen molar-refractivity contribution in [1.29, 1.82) is 0 Å². The first-order chi connectivity index (χ1) is 10.1. The summed E-state index contributed by atoms with van der Waals surface area (Å²) in [7, 11) is -2.92. The van der Waals surface area contributed by atoms with Crippen molar-refractivity contribution in [2.45, 2.75) is 18.1 Å². The second-order valence-electron chi connectivity index (χ2n) is 5.03. The first-order valence-electron chi connectivity index (χ1n) is 6.72. The van der Waals surface area contributed by atoms with Gasteiger partial charge in [0.05, 0.1) is 16.7 Å². The minimum absolute atomic E-state index is 0.287. The van der Waals surface area contributed by atoms with E-state index in [2.05, 4.69) is 10.3 Å². The summed E-state index contributed by atoms with van der Waals surface area (Å²) in [5, 5.41) is 6.16. The maximum absolute atomic E-state index is 11.8. The van der Waals surface area contributed by atoms with E-state index in [9.17, 15) is 8.42 Å². The number of sulfone groups is 1. The Balaban J connectivity index is 1.70. The predicted molar refractivity (Wildman–Crippen MR) is 87.9 cm³/mol. The van der Waals surface area contributed by atoms with E-state index in [1.807, 2.05) is 29.6 Å². The third-order valence-corrected chi connectivity index (χ3v) is 7.00. The van der Waals surface area contributed by atoms with Crippen molar-refractivity contribution in [2.75, 3.05) is 17.6 Å². The minimum atomic E-state index is -2.92. The van der Waals surface area contributed by atoms with Crippen LogP contribution < -0.4 is 5.32 Å². The zero-order valence-corrected chi connectivity index (χ0v) is 13.6. The highest BCUT2D eigenvalue weighted by atomic mass is 35.5. The topological polar surface area (TPSA) is 59.1 Å². The van der Waals surface area contributed by atoms with Gasteiger partial charge in [-0.3, -0.25) is 0 Å². The molecule has 0 unspecified atom stereocenters. The summed E-state index contributed by atoms with van der Waals surface area (Å²) in [4.78, 5) is 4.48. The molecule has 112 valence electrons. The molecule has 0 bridgehead atoms. The molecule has 2 heterocycles. The summed E-state index contributed by atoms with van der Waals surface area (Å²) in [6.45, 7) is 0.428. The van der Waals surface area contributed by atoms with Gasteiger partial charge in [0.25, 0.3) is 0 Å². The predicted octanol–water partition coefficient (Wildman–Crippen LogP) is 3.45. The molecule has 1 aliphatic heterocycles. The van der Waals surface area contributed by atoms with Crippen molar-refractivity contribution >= 4 is 37.9 Å². The van der Waals surface area contributed by atoms with E-state index in [1.54, 1.807) is 0 Å². The van der Waals surface area contributed by atoms with Crippen LogP contribution in [-0.2, 0) is 9.84 Å². The molecule has 0 radical (unpaired) electrons. The van der Waals surface area contributed by atoms with Crippen molar-refractivity contribution in [3.8, 4) is 11.3 Å². The molecule has 1 aliphatic rings. The summed E-state index contributed by atoms with van der Waals surface area (Å²) in [5.74, 6) is 0.308. The molecule has 1 atom stereocenters. The molecule has 7 heteroatoms. The zero-order valence-electron chi connectivity index (χ0n) is 11.3. The SMILES string of the molecule is O=S1(=O)CCC[C@H]1CNc1nc(-c2ccccc2Cl)cs1. The van der Waals surface area contributed by atoms with Gasteiger partial charge in [-0.05, 0) is 18.9 Å². The second kappa shape index (κ2) is 5.94. The highest BCUT2D eigenvalue weighted by molar-refractivity contribution is 7.92. The van der Waals surface area contributed by atoms with E-state index in [0.717, 1.165) is 29.2 Å². The van der Waals surface area contributed by atoms with Crippen LogP contribution in [0.5, 0.6) is 0 Å². The van der Waals surface area contributed by atoms with Gasteiger partial charge in [0, 0.05) is 22.5 Å². The van der Waals surface area contributed by atoms with E-state index < -0.39 is 9.84 Å². The van der Waals surface area contributed by atoms with E-state index in [1.165, 1.54) is 11.3 Å². The number of anilines is 1. The Morgan fingerprint density at radius 1 is 1.38 bits per heavy atom. The van der Waals surface area contributed by atoms with Crippen LogP contribution in [-0.4, -0.2) is 30.9 Å². The molecule has 0 amide bonds. The molecule has 0 aliphatic carbocycles. The molecule has 0 saturated carbocycles. The average Bonchev–Trinajstić information content (AvgIpc) is 3.03. The quantitative estimate of drug-likeness (QED) is 0.924. The maximum atomic E-state index is 11.8. The first-order valence-corrected chi connectivity index (χ1v) is 9.69. The third-order valence-electron chi connectivity index (χ3n) is 3.60. The third kappa shape index (κ3) is 3.22. The summed E-state index contributed by atoms with van der Waals surface area (Å²) < 4.78 is 23.6. The van der Waals surface area contributed by atoms with Crippen LogP contribution in [0.3, 0.4) is 0 Å². The van der Waals surface area contributed by atoms with Crippen LogP contribution >= 0.6 is 22.9 Å². The van der Waals surface area contributed by atoms with Gasteiger partial charge in [0.2, 0.25) is 0 Å². The normalized spacial score (nSPS) is 20.5. The number of thiazole rings is 1. The lowest BCUT2D eigenvalue weighted by atomic mass is 10.2. The number of nitrogens with one attached hydrogen (secondary N) is 1. The highest BCUT2D eigenvalue weighted by Crippen LogP contribution is 2.30. The fraction of sp³-hybridized carbons (Fsp3) is 0.357. The molecular formula is C14H15ClN2O2S2. The smallest absolute Gasteiger partial charge is 0.183 e. The Kier molecular flexibility index (Phi) is 4.19. The summed E-state index contributed by atoms with van der Waals surface area (Å²) in [6, 6.07) is 7.54. The molecule has 2 aromatic rings. The lowest BCUT2D eigenvalue weighted by Crippen LogP contribution is -2.24. The van der Waals surface area contributed by atoms with Crippen LogP contribution in [0.1, 0.15) is 12.8 Å². The Hall–Kier alpha value is -1.11. The fourth-order valence-electron chi connectivity index (χ4n) is 2.44. The number of halogens is 1. The molecule has 0 spiro atoms. The molecule has 1 aromatic carbocycles. The molecule has 1 aromatic heterocycles. The highest BCUT2D eigenvalue weighted by Gasteiger charge is 2.31. The van der Waals surface area contributed by atoms with Crippen molar-refractivity contribution in [2.24, 2.45) is 0 Å². The lowest BCUT2D eigenvalue weighted by Gasteiger charge is -2.09. The van der Waals surface area contributed by atoms with E-state index in [-0.39, 0.29) is 5.25 Å². The number of aromatic nitrogens is 1. The molecule has 3 rings (SSSR count). The molecule has 1 fully saturated rings. The van der Waals surface area contributed by atoms with Crippen LogP contribution in [0, 0.1) is 0 Å². The maximum Gasteiger partial charge on any atom is 0.183 e. The van der Waals surface area contributed by atoms with Crippen molar-refractivity contribution in [3.63, 3.8) is 0 Å². The van der Waals surface area contributed by atoms with Crippen molar-refractivity contribution in [1.82, 2.24) is 4.98 Å². The summed E-state index contributed by atoms with van der Waals surface area (Å²) in [5.41, 5.74) is 1.69. The van der Waals surface area contributed by atoms with Gasteiger partial charge in [0.15, 0.2) is 15.0 Å². The zero-order chi connectivity index (χ0) is 14.9. The van der Waals surface area contributed by atoms with Gasteiger partial charge in [-0.25, -0.2) is 13.4 Å². The van der Waals surface area contributed by atoms with Gasteiger partial charge in [-0.15, -0.1) is 11.3 Å². The van der Waals surface area contributed by atoms with Gasteiger partial charge in [-0.2, -0.15) is 0 Å². The van der Waals surface area contributed by atoms with Gasteiger partial charge < -0.3 is 5.32 Å². The van der Waals surface area contributed by atoms with Crippen LogP contribution in [0.2, 0.25) is 5.02 Å². The summed E-state index contributed by atoms with van der Waals surface area (Å²) >= 11 is 7.61. The Morgan fingerprint density at radius 2 is 2.19 bits per heavy atom. The second-order valence-corrected chi connectivity index (χ2v) is 8.70. The number of hydrogen-bond acceptors (Lipinski definition) is 5. The Bertz CT molecular complexity index is 743. The lowest BCUT2D eigenvalue weighted by molar-refractivity contribution is 0.591. The Labute approximate surface area is 133 Å². The van der Waals surface area contributed by atoms with Crippen LogP contribution in [0.4, 0.5) is 5.13 Å². The van der Waals surface area contributed by atoms with Crippen LogP contribution in [0.15, 0.2) is 29.6 Å². The average molecular weight is 343 g/mol. The largest absolute Gasteiger partial charge is 0.360 e. The van der Waals surface area contributed by atoms with Crippen molar-refractivity contribution < 1.29 is 8.42 Å². The molecule has 21 heavy (non-hydrogen) atoms. The summed E-state index contributed by atoms with van der Waals surface area (Å²) in [6.07, 6.45) is 1.50. The van der Waals surface area contributed by atoms with E-state index >= 15 is 0 Å². The first kappa shape index (κ1) is 14.8. The van der Waals surface area contributed by atoms with Crippen LogP contribution in [0.25, 0.3) is 11.3 Å². The van der Waals surface area contributed by atoms with Gasteiger partial charge in [0.1, 0.15) is 0 Å². The molecular weight excluding hydrogens is 328 g/mol. The number of nitrogens with zero attached hydrogens (tertiary/aromatic N) is 1.